The molecule has 1 amide bonds. The Balaban J connectivity index is 1.69. The number of sulfonamides is 1. The highest BCUT2D eigenvalue weighted by molar-refractivity contribution is 7.92. The van der Waals surface area contributed by atoms with E-state index in [1.807, 2.05) is 19.1 Å². The molecule has 3 aromatic carbocycles. The van der Waals surface area contributed by atoms with Crippen LogP contribution in [-0.4, -0.2) is 27.1 Å². The van der Waals surface area contributed by atoms with Gasteiger partial charge in [0, 0.05) is 12.6 Å². The van der Waals surface area contributed by atoms with Crippen molar-refractivity contribution in [3.8, 4) is 0 Å². The molecular weight excluding hydrogens is 434 g/mol. The van der Waals surface area contributed by atoms with Crippen LogP contribution in [-0.2, 0) is 15.4 Å². The average Bonchev–Trinajstić information content (AvgIpc) is 2.82. The minimum atomic E-state index is -3.68. The number of hydrogen-bond acceptors (Lipinski definition) is 4. The topological polar surface area (TPSA) is 78.8 Å². The molecule has 6 nitrogen and oxygen atoms in total. The Morgan fingerprint density at radius 1 is 0.848 bits per heavy atom. The Bertz CT molecular complexity index is 1240. The van der Waals surface area contributed by atoms with E-state index in [0.29, 0.717) is 17.0 Å². The van der Waals surface area contributed by atoms with Gasteiger partial charge in [-0.1, -0.05) is 63.2 Å². The van der Waals surface area contributed by atoms with Crippen molar-refractivity contribution in [3.05, 3.63) is 95.6 Å². The van der Waals surface area contributed by atoms with Gasteiger partial charge in [0.25, 0.3) is 15.9 Å². The van der Waals surface area contributed by atoms with E-state index in [9.17, 15) is 13.2 Å². The zero-order chi connectivity index (χ0) is 24.2. The van der Waals surface area contributed by atoms with Crippen LogP contribution in [0.15, 0.2) is 88.9 Å². The third kappa shape index (κ3) is 5.68. The summed E-state index contributed by atoms with van der Waals surface area (Å²) in [5.41, 5.74) is 6.30. The van der Waals surface area contributed by atoms with E-state index >= 15 is 0 Å². The van der Waals surface area contributed by atoms with Crippen LogP contribution in [0.3, 0.4) is 0 Å². The van der Waals surface area contributed by atoms with E-state index in [2.05, 4.69) is 43.4 Å². The molecule has 172 valence electrons. The molecule has 0 aromatic heterocycles. The number of carbonyl (C=O) groups is 1. The number of benzene rings is 3. The number of nitrogens with one attached hydrogen (secondary N) is 1. The molecule has 0 fully saturated rings. The van der Waals surface area contributed by atoms with Crippen molar-refractivity contribution >= 4 is 27.3 Å². The van der Waals surface area contributed by atoms with Crippen molar-refractivity contribution in [2.75, 3.05) is 11.4 Å². The van der Waals surface area contributed by atoms with Gasteiger partial charge in [0.1, 0.15) is 0 Å². The molecule has 7 heteroatoms. The lowest BCUT2D eigenvalue weighted by Crippen LogP contribution is -2.26. The van der Waals surface area contributed by atoms with Crippen LogP contribution in [0.4, 0.5) is 5.69 Å². The van der Waals surface area contributed by atoms with E-state index in [0.717, 1.165) is 5.56 Å². The van der Waals surface area contributed by atoms with Gasteiger partial charge in [-0.3, -0.25) is 9.10 Å². The van der Waals surface area contributed by atoms with Crippen molar-refractivity contribution in [2.45, 2.75) is 38.0 Å². The number of rotatable bonds is 6. The predicted molar refractivity (Wildman–Crippen MR) is 133 cm³/mol. The standard InChI is InChI=1S/C26H29N3O3S/c1-19(20-11-15-22(16-12-20)26(2,3)4)27-28-25(30)21-13-17-23(18-14-21)29(5)33(31,32)24-9-7-6-8-10-24/h6-18H,1-5H3,(H,28,30). The van der Waals surface area contributed by atoms with Crippen LogP contribution >= 0.6 is 0 Å². The molecule has 3 aromatic rings. The highest BCUT2D eigenvalue weighted by Gasteiger charge is 2.21. The highest BCUT2D eigenvalue weighted by atomic mass is 32.2. The van der Waals surface area contributed by atoms with Gasteiger partial charge in [-0.25, -0.2) is 13.8 Å². The molecule has 0 aliphatic carbocycles. The van der Waals surface area contributed by atoms with E-state index in [4.69, 9.17) is 0 Å². The number of anilines is 1. The maximum Gasteiger partial charge on any atom is 0.271 e. The van der Waals surface area contributed by atoms with Crippen LogP contribution in [0.1, 0.15) is 49.2 Å². The number of carbonyl (C=O) groups excluding carboxylic acids is 1. The van der Waals surface area contributed by atoms with Crippen molar-refractivity contribution in [2.24, 2.45) is 5.10 Å². The average molecular weight is 464 g/mol. The van der Waals surface area contributed by atoms with Crippen LogP contribution in [0, 0.1) is 0 Å². The Hall–Kier alpha value is -3.45. The summed E-state index contributed by atoms with van der Waals surface area (Å²) in [5.74, 6) is -0.374. The highest BCUT2D eigenvalue weighted by Crippen LogP contribution is 2.23. The summed E-state index contributed by atoms with van der Waals surface area (Å²) in [7, 11) is -2.20. The summed E-state index contributed by atoms with van der Waals surface area (Å²) in [4.78, 5) is 12.7. The first kappa shape index (κ1) is 24.2. The quantitative estimate of drug-likeness (QED) is 0.414. The van der Waals surface area contributed by atoms with E-state index in [-0.39, 0.29) is 16.2 Å². The monoisotopic (exact) mass is 463 g/mol. The molecule has 0 heterocycles. The lowest BCUT2D eigenvalue weighted by atomic mass is 9.86. The van der Waals surface area contributed by atoms with Gasteiger partial charge in [0.15, 0.2) is 0 Å². The van der Waals surface area contributed by atoms with Gasteiger partial charge in [-0.05, 0) is 59.9 Å². The Labute approximate surface area is 196 Å². The number of hydrazone groups is 1. The molecule has 3 rings (SSSR count). The third-order valence-corrected chi connectivity index (χ3v) is 7.19. The Kier molecular flexibility index (Phi) is 7.03. The second-order valence-electron chi connectivity index (χ2n) is 8.80. The summed E-state index contributed by atoms with van der Waals surface area (Å²) in [6.45, 7) is 8.30. The largest absolute Gasteiger partial charge is 0.271 e. The fourth-order valence-electron chi connectivity index (χ4n) is 3.19. The van der Waals surface area contributed by atoms with Gasteiger partial charge >= 0.3 is 0 Å². The summed E-state index contributed by atoms with van der Waals surface area (Å²) >= 11 is 0. The summed E-state index contributed by atoms with van der Waals surface area (Å²) in [5, 5.41) is 4.21. The first-order chi connectivity index (χ1) is 15.5. The maximum absolute atomic E-state index is 12.8. The lowest BCUT2D eigenvalue weighted by molar-refractivity contribution is 0.0955. The van der Waals surface area contributed by atoms with Crippen molar-refractivity contribution in [3.63, 3.8) is 0 Å². The van der Waals surface area contributed by atoms with Gasteiger partial charge in [-0.15, -0.1) is 0 Å². The van der Waals surface area contributed by atoms with E-state index in [1.165, 1.54) is 16.9 Å². The van der Waals surface area contributed by atoms with Gasteiger partial charge in [-0.2, -0.15) is 5.10 Å². The summed E-state index contributed by atoms with van der Waals surface area (Å²) < 4.78 is 26.7. The Morgan fingerprint density at radius 3 is 1.94 bits per heavy atom. The zero-order valence-corrected chi connectivity index (χ0v) is 20.3. The third-order valence-electron chi connectivity index (χ3n) is 5.39. The smallest absolute Gasteiger partial charge is 0.269 e. The summed E-state index contributed by atoms with van der Waals surface area (Å²) in [6, 6.07) is 22.7. The second kappa shape index (κ2) is 9.58. The fraction of sp³-hybridized carbons (Fsp3) is 0.231. The van der Waals surface area contributed by atoms with E-state index < -0.39 is 10.0 Å². The number of hydrogen-bond donors (Lipinski definition) is 1. The van der Waals surface area contributed by atoms with Crippen molar-refractivity contribution in [1.29, 1.82) is 0 Å². The molecule has 0 aliphatic rings. The zero-order valence-electron chi connectivity index (χ0n) is 19.5. The molecule has 33 heavy (non-hydrogen) atoms. The molecule has 0 aliphatic heterocycles. The number of nitrogens with zero attached hydrogens (tertiary/aromatic N) is 2. The second-order valence-corrected chi connectivity index (χ2v) is 10.8. The van der Waals surface area contributed by atoms with Crippen LogP contribution in [0.25, 0.3) is 0 Å². The molecule has 0 radical (unpaired) electrons. The summed E-state index contributed by atoms with van der Waals surface area (Å²) in [6.07, 6.45) is 0. The van der Waals surface area contributed by atoms with Crippen LogP contribution < -0.4 is 9.73 Å². The predicted octanol–water partition coefficient (Wildman–Crippen LogP) is 4.96. The molecular formula is C26H29N3O3S. The lowest BCUT2D eigenvalue weighted by Gasteiger charge is -2.19. The fourth-order valence-corrected chi connectivity index (χ4v) is 4.40. The van der Waals surface area contributed by atoms with Gasteiger partial charge < -0.3 is 0 Å². The molecule has 0 spiro atoms. The first-order valence-corrected chi connectivity index (χ1v) is 12.0. The van der Waals surface area contributed by atoms with Gasteiger partial charge in [0.05, 0.1) is 16.3 Å². The molecule has 1 N–H and O–H groups in total. The maximum atomic E-state index is 12.8. The number of amides is 1. The van der Waals surface area contributed by atoms with E-state index in [1.54, 1.807) is 54.6 Å². The minimum absolute atomic E-state index is 0.0679. The van der Waals surface area contributed by atoms with Gasteiger partial charge in [0.2, 0.25) is 0 Å². The minimum Gasteiger partial charge on any atom is -0.269 e. The van der Waals surface area contributed by atoms with Crippen molar-refractivity contribution < 1.29 is 13.2 Å². The Morgan fingerprint density at radius 2 is 1.39 bits per heavy atom. The molecule has 0 saturated heterocycles. The van der Waals surface area contributed by atoms with Crippen LogP contribution in [0.5, 0.6) is 0 Å². The molecule has 0 unspecified atom stereocenters. The van der Waals surface area contributed by atoms with Crippen molar-refractivity contribution in [1.82, 2.24) is 5.43 Å². The molecule has 0 atom stereocenters. The SMILES string of the molecule is CC(=NNC(=O)c1ccc(N(C)S(=O)(=O)c2ccccc2)cc1)c1ccc(C(C)(C)C)cc1. The normalized spacial score (nSPS) is 12.3. The first-order valence-electron chi connectivity index (χ1n) is 10.6. The molecule has 0 saturated carbocycles. The molecule has 0 bridgehead atoms. The van der Waals surface area contributed by atoms with Crippen LogP contribution in [0.2, 0.25) is 0 Å².